The number of aliphatic hydroxyl groups is 1. The minimum atomic E-state index is -0.894. The van der Waals surface area contributed by atoms with Gasteiger partial charge in [-0.1, -0.05) is 24.3 Å². The quantitative estimate of drug-likeness (QED) is 0.677. The molecule has 0 radical (unpaired) electrons. The lowest BCUT2D eigenvalue weighted by Gasteiger charge is -2.27. The topological polar surface area (TPSA) is 90.7 Å². The van der Waals surface area contributed by atoms with E-state index in [-0.39, 0.29) is 17.0 Å². The van der Waals surface area contributed by atoms with Crippen LogP contribution in [0.1, 0.15) is 21.3 Å². The van der Waals surface area contributed by atoms with Gasteiger partial charge >= 0.3 is 0 Å². The fraction of sp³-hybridized carbons (Fsp3) is 0.0500. The van der Waals surface area contributed by atoms with E-state index in [0.29, 0.717) is 10.4 Å². The highest BCUT2D eigenvalue weighted by Gasteiger charge is 2.45. The van der Waals surface area contributed by atoms with Crippen molar-refractivity contribution in [1.29, 1.82) is 0 Å². The molecule has 1 aromatic carbocycles. The molecule has 1 unspecified atom stereocenters. The lowest BCUT2D eigenvalue weighted by atomic mass is 9.96. The van der Waals surface area contributed by atoms with Gasteiger partial charge < -0.3 is 10.2 Å². The summed E-state index contributed by atoms with van der Waals surface area (Å²) < 4.78 is 0. The zero-order valence-corrected chi connectivity index (χ0v) is 14.8. The number of hydrogen-bond acceptors (Lipinski definition) is 6. The van der Waals surface area contributed by atoms with Gasteiger partial charge in [0.25, 0.3) is 5.91 Å². The number of thiophene rings is 1. The molecule has 3 heterocycles. The third kappa shape index (κ3) is 2.78. The molecule has 0 spiro atoms. The normalized spacial score (nSPS) is 16.8. The number of pyridine rings is 1. The predicted octanol–water partition coefficient (Wildman–Crippen LogP) is 3.63. The van der Waals surface area contributed by atoms with Crippen LogP contribution in [0.2, 0.25) is 0 Å². The Bertz CT molecular complexity index is 1040. The Labute approximate surface area is 158 Å². The molecule has 0 fully saturated rings. The molecule has 0 saturated heterocycles. The molecule has 1 amide bonds. The molecule has 4 rings (SSSR count). The van der Waals surface area contributed by atoms with E-state index in [1.54, 1.807) is 54.0 Å². The summed E-state index contributed by atoms with van der Waals surface area (Å²) in [7, 11) is 0. The number of aromatic hydroxyl groups is 1. The second kappa shape index (κ2) is 6.69. The van der Waals surface area contributed by atoms with Crippen molar-refractivity contribution < 1.29 is 19.8 Å². The van der Waals surface area contributed by atoms with Gasteiger partial charge in [-0.25, -0.2) is 0 Å². The zero-order chi connectivity index (χ0) is 19.0. The Morgan fingerprint density at radius 1 is 1.07 bits per heavy atom. The molecule has 1 aliphatic rings. The maximum atomic E-state index is 13.0. The number of ketones is 1. The first kappa shape index (κ1) is 17.0. The SMILES string of the molecule is O=C(C1=C(O)C(=O)N(c2ccccc2O)C1c1cccnc1)c1cccs1. The van der Waals surface area contributed by atoms with Crippen LogP contribution >= 0.6 is 11.3 Å². The van der Waals surface area contributed by atoms with Gasteiger partial charge in [0.15, 0.2) is 5.76 Å². The predicted molar refractivity (Wildman–Crippen MR) is 101 cm³/mol. The van der Waals surface area contributed by atoms with Crippen molar-refractivity contribution in [2.24, 2.45) is 0 Å². The number of phenolic OH excluding ortho intramolecular Hbond substituents is 1. The van der Waals surface area contributed by atoms with Gasteiger partial charge in [0.05, 0.1) is 22.2 Å². The van der Waals surface area contributed by atoms with Crippen LogP contribution in [0.25, 0.3) is 0 Å². The van der Waals surface area contributed by atoms with Gasteiger partial charge in [0, 0.05) is 12.4 Å². The molecular formula is C20H14N2O4S. The number of aromatic nitrogens is 1. The number of aliphatic hydroxyl groups excluding tert-OH is 1. The monoisotopic (exact) mass is 378 g/mol. The molecule has 1 atom stereocenters. The van der Waals surface area contributed by atoms with E-state index in [1.165, 1.54) is 28.5 Å². The van der Waals surface area contributed by atoms with Crippen molar-refractivity contribution in [2.75, 3.05) is 4.90 Å². The summed E-state index contributed by atoms with van der Waals surface area (Å²) in [5, 5.41) is 22.6. The number of carbonyl (C=O) groups excluding carboxylic acids is 2. The maximum Gasteiger partial charge on any atom is 0.294 e. The van der Waals surface area contributed by atoms with Crippen LogP contribution in [-0.2, 0) is 4.79 Å². The molecule has 0 saturated carbocycles. The van der Waals surface area contributed by atoms with Crippen LogP contribution in [0.15, 0.2) is 77.6 Å². The van der Waals surface area contributed by atoms with Crippen molar-refractivity contribution >= 4 is 28.7 Å². The Hall–Kier alpha value is -3.45. The lowest BCUT2D eigenvalue weighted by Crippen LogP contribution is -2.31. The Morgan fingerprint density at radius 2 is 1.89 bits per heavy atom. The summed E-state index contributed by atoms with van der Waals surface area (Å²) in [6.07, 6.45) is 3.11. The summed E-state index contributed by atoms with van der Waals surface area (Å²) in [5.74, 6) is -1.92. The van der Waals surface area contributed by atoms with Crippen molar-refractivity contribution in [3.63, 3.8) is 0 Å². The number of hydrogen-bond donors (Lipinski definition) is 2. The molecule has 6 nitrogen and oxygen atoms in total. The number of amides is 1. The maximum absolute atomic E-state index is 13.0. The van der Waals surface area contributed by atoms with Crippen LogP contribution in [-0.4, -0.2) is 26.9 Å². The van der Waals surface area contributed by atoms with Gasteiger partial charge in [0.1, 0.15) is 5.75 Å². The number of nitrogens with zero attached hydrogens (tertiary/aromatic N) is 2. The minimum absolute atomic E-state index is 0.0290. The van der Waals surface area contributed by atoms with Crippen LogP contribution in [0.5, 0.6) is 5.75 Å². The summed E-state index contributed by atoms with van der Waals surface area (Å²) in [4.78, 5) is 31.6. The number of anilines is 1. The van der Waals surface area contributed by atoms with Crippen LogP contribution in [0.4, 0.5) is 5.69 Å². The lowest BCUT2D eigenvalue weighted by molar-refractivity contribution is -0.117. The summed E-state index contributed by atoms with van der Waals surface area (Å²) in [6.45, 7) is 0. The standard InChI is InChI=1S/C20H14N2O4S/c23-14-7-2-1-6-13(14)22-17(12-5-3-9-21-11-12)16(19(25)20(22)26)18(24)15-8-4-10-27-15/h1-11,17,23,25H. The first-order valence-electron chi connectivity index (χ1n) is 8.12. The fourth-order valence-corrected chi connectivity index (χ4v) is 3.83. The summed E-state index contributed by atoms with van der Waals surface area (Å²) in [5.41, 5.74) is 0.730. The van der Waals surface area contributed by atoms with Crippen molar-refractivity contribution in [1.82, 2.24) is 4.98 Å². The first-order chi connectivity index (χ1) is 13.1. The molecular weight excluding hydrogens is 364 g/mol. The van der Waals surface area contributed by atoms with Gasteiger partial charge in [-0.3, -0.25) is 19.5 Å². The largest absolute Gasteiger partial charge is 0.506 e. The Kier molecular flexibility index (Phi) is 4.21. The van der Waals surface area contributed by atoms with Crippen molar-refractivity contribution in [2.45, 2.75) is 6.04 Å². The van der Waals surface area contributed by atoms with E-state index >= 15 is 0 Å². The second-order valence-electron chi connectivity index (χ2n) is 5.92. The molecule has 3 aromatic rings. The molecule has 1 aliphatic heterocycles. The van der Waals surface area contributed by atoms with Crippen LogP contribution in [0.3, 0.4) is 0 Å². The third-order valence-electron chi connectivity index (χ3n) is 4.34. The summed E-state index contributed by atoms with van der Waals surface area (Å²) in [6, 6.07) is 12.2. The van der Waals surface area contributed by atoms with Crippen LogP contribution in [0, 0.1) is 0 Å². The number of phenols is 1. The van der Waals surface area contributed by atoms with Crippen molar-refractivity contribution in [3.8, 4) is 5.75 Å². The third-order valence-corrected chi connectivity index (χ3v) is 5.21. The number of rotatable bonds is 4. The molecule has 2 aromatic heterocycles. The van der Waals surface area contributed by atoms with E-state index in [9.17, 15) is 19.8 Å². The van der Waals surface area contributed by atoms with Gasteiger partial charge in [-0.2, -0.15) is 0 Å². The average Bonchev–Trinajstić information content (AvgIpc) is 3.31. The van der Waals surface area contributed by atoms with E-state index < -0.39 is 23.5 Å². The fourth-order valence-electron chi connectivity index (χ4n) is 3.15. The van der Waals surface area contributed by atoms with Gasteiger partial charge in [0.2, 0.25) is 5.78 Å². The number of carbonyl (C=O) groups is 2. The molecule has 134 valence electrons. The average molecular weight is 378 g/mol. The highest BCUT2D eigenvalue weighted by Crippen LogP contribution is 2.44. The van der Waals surface area contributed by atoms with E-state index in [1.807, 2.05) is 0 Å². The highest BCUT2D eigenvalue weighted by atomic mass is 32.1. The van der Waals surface area contributed by atoms with Crippen molar-refractivity contribution in [3.05, 3.63) is 88.1 Å². The minimum Gasteiger partial charge on any atom is -0.506 e. The number of benzene rings is 1. The first-order valence-corrected chi connectivity index (χ1v) is 9.00. The summed E-state index contributed by atoms with van der Waals surface area (Å²) >= 11 is 1.23. The van der Waals surface area contributed by atoms with Crippen LogP contribution < -0.4 is 4.90 Å². The molecule has 0 aliphatic carbocycles. The van der Waals surface area contributed by atoms with Gasteiger partial charge in [-0.15, -0.1) is 11.3 Å². The number of para-hydroxylation sites is 2. The molecule has 2 N–H and O–H groups in total. The molecule has 7 heteroatoms. The Morgan fingerprint density at radius 3 is 2.56 bits per heavy atom. The molecule has 0 bridgehead atoms. The highest BCUT2D eigenvalue weighted by molar-refractivity contribution is 7.12. The van der Waals surface area contributed by atoms with E-state index in [0.717, 1.165) is 0 Å². The Balaban J connectivity index is 1.91. The van der Waals surface area contributed by atoms with Gasteiger partial charge in [-0.05, 0) is 35.2 Å². The zero-order valence-electron chi connectivity index (χ0n) is 13.9. The second-order valence-corrected chi connectivity index (χ2v) is 6.87. The molecule has 27 heavy (non-hydrogen) atoms. The smallest absolute Gasteiger partial charge is 0.294 e. The van der Waals surface area contributed by atoms with E-state index in [4.69, 9.17) is 0 Å². The number of Topliss-reactive ketones (excluding diaryl/α,β-unsaturated/α-hetero) is 1. The van der Waals surface area contributed by atoms with E-state index in [2.05, 4.69) is 4.98 Å².